The van der Waals surface area contributed by atoms with Crippen molar-refractivity contribution in [3.05, 3.63) is 64.7 Å². The van der Waals surface area contributed by atoms with E-state index in [1.165, 1.54) is 0 Å². The van der Waals surface area contributed by atoms with Crippen molar-refractivity contribution in [2.24, 2.45) is 7.05 Å². The molecule has 0 bridgehead atoms. The molecular formula is C21H18BrN7O. The second-order valence-corrected chi connectivity index (χ2v) is 7.97. The first kappa shape index (κ1) is 18.7. The molecule has 0 spiro atoms. The third-order valence-electron chi connectivity index (χ3n) is 5.14. The van der Waals surface area contributed by atoms with Gasteiger partial charge in [-0.05, 0) is 42.8 Å². The maximum atomic E-state index is 13.0. The Kier molecular flexibility index (Phi) is 4.47. The third-order valence-corrected chi connectivity index (χ3v) is 5.64. The number of benzene rings is 1. The monoisotopic (exact) mass is 463 g/mol. The number of hydrogen-bond acceptors (Lipinski definition) is 6. The highest BCUT2D eigenvalue weighted by atomic mass is 79.9. The lowest BCUT2D eigenvalue weighted by Gasteiger charge is -2.21. The maximum Gasteiger partial charge on any atom is 0.238 e. The summed E-state index contributed by atoms with van der Waals surface area (Å²) in [4.78, 5) is 28.7. The van der Waals surface area contributed by atoms with Gasteiger partial charge in [0.15, 0.2) is 5.65 Å². The van der Waals surface area contributed by atoms with Crippen molar-refractivity contribution in [3.63, 3.8) is 0 Å². The van der Waals surface area contributed by atoms with Crippen LogP contribution in [0.1, 0.15) is 24.1 Å². The first-order chi connectivity index (χ1) is 14.5. The van der Waals surface area contributed by atoms with Crippen molar-refractivity contribution in [3.8, 4) is 0 Å². The summed E-state index contributed by atoms with van der Waals surface area (Å²) in [6.07, 6.45) is 5.35. The van der Waals surface area contributed by atoms with E-state index in [0.717, 1.165) is 26.8 Å². The van der Waals surface area contributed by atoms with E-state index in [4.69, 9.17) is 4.98 Å². The molecule has 0 saturated heterocycles. The molecule has 0 radical (unpaired) electrons. The number of aromatic nitrogens is 5. The Bertz CT molecular complexity index is 1270. The summed E-state index contributed by atoms with van der Waals surface area (Å²) in [5.41, 5.74) is 3.75. The van der Waals surface area contributed by atoms with E-state index in [-0.39, 0.29) is 5.91 Å². The Balaban J connectivity index is 1.73. The lowest BCUT2D eigenvalue weighted by atomic mass is 9.95. The quantitative estimate of drug-likeness (QED) is 0.495. The molecule has 0 aliphatic carbocycles. The molecule has 1 amide bonds. The molecule has 1 N–H and O–H groups in total. The summed E-state index contributed by atoms with van der Waals surface area (Å²) in [7, 11) is 1.84. The van der Waals surface area contributed by atoms with Crippen molar-refractivity contribution in [1.29, 1.82) is 0 Å². The summed E-state index contributed by atoms with van der Waals surface area (Å²) in [6, 6.07) is 9.59. The molecule has 30 heavy (non-hydrogen) atoms. The smallest absolute Gasteiger partial charge is 0.238 e. The third kappa shape index (κ3) is 3.02. The zero-order chi connectivity index (χ0) is 20.8. The number of rotatable bonds is 4. The molecule has 1 atom stereocenters. The predicted octanol–water partition coefficient (Wildman–Crippen LogP) is 3.76. The molecule has 8 nitrogen and oxygen atoms in total. The molecule has 3 aromatic heterocycles. The number of nitrogens with one attached hydrogen (secondary N) is 1. The van der Waals surface area contributed by atoms with Crippen LogP contribution in [0.5, 0.6) is 0 Å². The number of aryl methyl sites for hydroxylation is 1. The highest BCUT2D eigenvalue weighted by Gasteiger charge is 2.35. The van der Waals surface area contributed by atoms with E-state index in [1.54, 1.807) is 17.1 Å². The van der Waals surface area contributed by atoms with E-state index in [0.29, 0.717) is 23.8 Å². The average molecular weight is 464 g/mol. The number of amides is 1. The number of anilines is 3. The van der Waals surface area contributed by atoms with E-state index in [1.807, 2.05) is 55.4 Å². The Morgan fingerprint density at radius 2 is 2.13 bits per heavy atom. The van der Waals surface area contributed by atoms with Gasteiger partial charge < -0.3 is 10.2 Å². The molecule has 9 heteroatoms. The van der Waals surface area contributed by atoms with Crippen LogP contribution in [-0.4, -0.2) is 37.2 Å². The van der Waals surface area contributed by atoms with Crippen LogP contribution in [0.3, 0.4) is 0 Å². The number of carbonyl (C=O) groups excluding carboxylic acids is 1. The van der Waals surface area contributed by atoms with Gasteiger partial charge in [0.1, 0.15) is 5.92 Å². The Labute approximate surface area is 181 Å². The van der Waals surface area contributed by atoms with Crippen molar-refractivity contribution in [1.82, 2.24) is 24.7 Å². The van der Waals surface area contributed by atoms with E-state index < -0.39 is 5.92 Å². The van der Waals surface area contributed by atoms with Gasteiger partial charge in [-0.1, -0.05) is 15.9 Å². The summed E-state index contributed by atoms with van der Waals surface area (Å²) >= 11 is 3.51. The highest BCUT2D eigenvalue weighted by Crippen LogP contribution is 2.40. The van der Waals surface area contributed by atoms with Crippen molar-refractivity contribution in [2.45, 2.75) is 12.8 Å². The minimum atomic E-state index is -0.543. The summed E-state index contributed by atoms with van der Waals surface area (Å²) in [5.74, 6) is -0.163. The second kappa shape index (κ2) is 7.17. The number of hydrogen-bond donors (Lipinski definition) is 1. The minimum absolute atomic E-state index is 0.109. The van der Waals surface area contributed by atoms with Crippen LogP contribution in [0, 0.1) is 0 Å². The van der Waals surface area contributed by atoms with Crippen LogP contribution in [0.2, 0.25) is 0 Å². The first-order valence-corrected chi connectivity index (χ1v) is 10.3. The lowest BCUT2D eigenvalue weighted by molar-refractivity contribution is -0.116. The fourth-order valence-electron chi connectivity index (χ4n) is 3.83. The molecule has 4 aromatic rings. The van der Waals surface area contributed by atoms with Gasteiger partial charge in [-0.15, -0.1) is 0 Å². The molecule has 4 heterocycles. The number of carbonyl (C=O) groups is 1. The van der Waals surface area contributed by atoms with Gasteiger partial charge in [0.2, 0.25) is 11.9 Å². The van der Waals surface area contributed by atoms with E-state index >= 15 is 0 Å². The van der Waals surface area contributed by atoms with Crippen molar-refractivity contribution >= 4 is 50.2 Å². The molecule has 1 aromatic carbocycles. The predicted molar refractivity (Wildman–Crippen MR) is 118 cm³/mol. The number of fused-ring (bicyclic) bond motifs is 2. The minimum Gasteiger partial charge on any atom is -0.325 e. The number of halogens is 1. The van der Waals surface area contributed by atoms with Crippen molar-refractivity contribution in [2.75, 3.05) is 16.8 Å². The van der Waals surface area contributed by atoms with Gasteiger partial charge in [0.05, 0.1) is 23.0 Å². The fourth-order valence-corrected chi connectivity index (χ4v) is 4.20. The molecule has 1 unspecified atom stereocenters. The SMILES string of the molecule is CCN(c1cccnc1)c1nc(C2C(=O)Nc3ccc(Br)cc32)c2cn(C)nc2n1. The van der Waals surface area contributed by atoms with Gasteiger partial charge in [-0.2, -0.15) is 10.1 Å². The Morgan fingerprint density at radius 1 is 1.27 bits per heavy atom. The first-order valence-electron chi connectivity index (χ1n) is 9.54. The van der Waals surface area contributed by atoms with E-state index in [2.05, 4.69) is 36.3 Å². The zero-order valence-electron chi connectivity index (χ0n) is 16.4. The summed E-state index contributed by atoms with van der Waals surface area (Å²) in [6.45, 7) is 2.66. The Morgan fingerprint density at radius 3 is 2.90 bits per heavy atom. The van der Waals surface area contributed by atoms with Crippen LogP contribution in [0.25, 0.3) is 11.0 Å². The fraction of sp³-hybridized carbons (Fsp3) is 0.190. The van der Waals surface area contributed by atoms with Crippen LogP contribution >= 0.6 is 15.9 Å². The van der Waals surface area contributed by atoms with Crippen LogP contribution in [0.4, 0.5) is 17.3 Å². The molecular weight excluding hydrogens is 446 g/mol. The second-order valence-electron chi connectivity index (χ2n) is 7.06. The molecule has 1 aliphatic heterocycles. The van der Waals surface area contributed by atoms with Gasteiger partial charge in [-0.3, -0.25) is 14.5 Å². The zero-order valence-corrected chi connectivity index (χ0v) is 18.0. The van der Waals surface area contributed by atoms with Crippen molar-refractivity contribution < 1.29 is 4.79 Å². The topological polar surface area (TPSA) is 88.8 Å². The molecule has 5 rings (SSSR count). The molecule has 0 fully saturated rings. The Hall–Kier alpha value is -3.33. The standard InChI is InChI=1S/C21H18BrN7O/c1-3-29(13-5-4-8-23-10-13)21-25-18(15-11-28(2)27-19(15)26-21)17-14-9-12(22)6-7-16(14)24-20(17)30/h4-11,17H,3H2,1-2H3,(H,24,30). The van der Waals surface area contributed by atoms with Gasteiger partial charge >= 0.3 is 0 Å². The lowest BCUT2D eigenvalue weighted by Crippen LogP contribution is -2.21. The maximum absolute atomic E-state index is 13.0. The normalized spacial score (nSPS) is 15.3. The van der Waals surface area contributed by atoms with Crippen LogP contribution in [-0.2, 0) is 11.8 Å². The largest absolute Gasteiger partial charge is 0.325 e. The summed E-state index contributed by atoms with van der Waals surface area (Å²) < 4.78 is 2.60. The van der Waals surface area contributed by atoms with E-state index in [9.17, 15) is 4.79 Å². The molecule has 1 aliphatic rings. The van der Waals surface area contributed by atoms with Crippen LogP contribution < -0.4 is 10.2 Å². The molecule has 0 saturated carbocycles. The highest BCUT2D eigenvalue weighted by molar-refractivity contribution is 9.10. The summed E-state index contributed by atoms with van der Waals surface area (Å²) in [5, 5.41) is 8.23. The molecule has 150 valence electrons. The van der Waals surface area contributed by atoms with Gasteiger partial charge in [0, 0.05) is 36.1 Å². The van der Waals surface area contributed by atoms with Crippen LogP contribution in [0.15, 0.2) is 53.4 Å². The average Bonchev–Trinajstić information content (AvgIpc) is 3.27. The number of nitrogens with zero attached hydrogens (tertiary/aromatic N) is 6. The van der Waals surface area contributed by atoms with Gasteiger partial charge in [0.25, 0.3) is 0 Å². The number of pyridine rings is 1. The van der Waals surface area contributed by atoms with Gasteiger partial charge in [-0.25, -0.2) is 4.98 Å².